The molecule has 0 aromatic rings. The van der Waals surface area contributed by atoms with E-state index in [0.29, 0.717) is 32.5 Å². The Morgan fingerprint density at radius 2 is 1.66 bits per heavy atom. The molecular weight excluding hydrogens is 380 g/mol. The number of nitrogens with one attached hydrogen (secondary N) is 2. The first-order valence-corrected chi connectivity index (χ1v) is 10.1. The molecule has 170 valence electrons. The third kappa shape index (κ3) is 14.0. The van der Waals surface area contributed by atoms with Crippen LogP contribution in [0.1, 0.15) is 40.0 Å². The van der Waals surface area contributed by atoms with Gasteiger partial charge in [-0.1, -0.05) is 6.92 Å². The first kappa shape index (κ1) is 27.2. The van der Waals surface area contributed by atoms with Gasteiger partial charge in [-0.2, -0.15) is 0 Å². The minimum atomic E-state index is -0.710. The zero-order valence-electron chi connectivity index (χ0n) is 18.1. The molecule has 0 aromatic carbocycles. The van der Waals surface area contributed by atoms with Gasteiger partial charge in [-0.3, -0.25) is 14.4 Å². The first-order chi connectivity index (χ1) is 13.7. The summed E-state index contributed by atoms with van der Waals surface area (Å²) in [5, 5.41) is 14.8. The summed E-state index contributed by atoms with van der Waals surface area (Å²) >= 11 is 0. The minimum Gasteiger partial charge on any atom is -0.464 e. The number of carbonyl (C=O) groups excluding carboxylic acids is 3. The lowest BCUT2D eigenvalue weighted by molar-refractivity contribution is -0.145. The zero-order chi connectivity index (χ0) is 22.2. The molecule has 0 heterocycles. The van der Waals surface area contributed by atoms with Crippen molar-refractivity contribution in [2.45, 2.75) is 58.2 Å². The standard InChI is InChI=1S/C19H38N4O6/c1-5-21-15(3)19(27)29-13-8-16(7-12-28-18(26)14(2)20)22-17(25)6-9-23(4)10-11-24/h14-16,21,24H,5-13,20H2,1-4H3,(H,22,25). The maximum Gasteiger partial charge on any atom is 0.322 e. The minimum absolute atomic E-state index is 0.0301. The van der Waals surface area contributed by atoms with Crippen molar-refractivity contribution in [1.29, 1.82) is 0 Å². The van der Waals surface area contributed by atoms with E-state index < -0.39 is 18.1 Å². The molecule has 0 rings (SSSR count). The second-order valence-electron chi connectivity index (χ2n) is 7.02. The average Bonchev–Trinajstić information content (AvgIpc) is 2.66. The van der Waals surface area contributed by atoms with Gasteiger partial charge in [-0.25, -0.2) is 0 Å². The van der Waals surface area contributed by atoms with E-state index in [1.165, 1.54) is 6.92 Å². The molecule has 0 spiro atoms. The summed E-state index contributed by atoms with van der Waals surface area (Å²) in [6.45, 7) is 7.10. The molecule has 0 aliphatic rings. The van der Waals surface area contributed by atoms with Crippen LogP contribution >= 0.6 is 0 Å². The Hall–Kier alpha value is -1.75. The van der Waals surface area contributed by atoms with Crippen LogP contribution in [-0.4, -0.2) is 92.5 Å². The van der Waals surface area contributed by atoms with E-state index in [0.717, 1.165) is 0 Å². The summed E-state index contributed by atoms with van der Waals surface area (Å²) in [5.41, 5.74) is 5.46. The predicted octanol–water partition coefficient (Wildman–Crippen LogP) is -1.00. The van der Waals surface area contributed by atoms with Crippen molar-refractivity contribution in [2.24, 2.45) is 5.73 Å². The SMILES string of the molecule is CCNC(C)C(=O)OCCC(CCOC(=O)C(C)N)NC(=O)CCN(C)CCO. The van der Waals surface area contributed by atoms with Crippen molar-refractivity contribution >= 4 is 17.8 Å². The zero-order valence-corrected chi connectivity index (χ0v) is 18.1. The van der Waals surface area contributed by atoms with Gasteiger partial charge in [0.2, 0.25) is 5.91 Å². The van der Waals surface area contributed by atoms with Crippen LogP contribution in [0.25, 0.3) is 0 Å². The average molecular weight is 419 g/mol. The van der Waals surface area contributed by atoms with Crippen LogP contribution in [-0.2, 0) is 23.9 Å². The Bertz CT molecular complexity index is 489. The summed E-state index contributed by atoms with van der Waals surface area (Å²) < 4.78 is 10.3. The molecule has 5 N–H and O–H groups in total. The molecular formula is C19H38N4O6. The van der Waals surface area contributed by atoms with Crippen molar-refractivity contribution < 1.29 is 29.0 Å². The first-order valence-electron chi connectivity index (χ1n) is 10.1. The van der Waals surface area contributed by atoms with Gasteiger partial charge >= 0.3 is 11.9 Å². The molecule has 10 heteroatoms. The van der Waals surface area contributed by atoms with Crippen molar-refractivity contribution in [3.63, 3.8) is 0 Å². The van der Waals surface area contributed by atoms with E-state index in [4.69, 9.17) is 20.3 Å². The number of ether oxygens (including phenoxy) is 2. The monoisotopic (exact) mass is 418 g/mol. The van der Waals surface area contributed by atoms with Crippen LogP contribution in [0.2, 0.25) is 0 Å². The molecule has 0 saturated carbocycles. The number of nitrogens with two attached hydrogens (primary N) is 1. The van der Waals surface area contributed by atoms with Crippen molar-refractivity contribution in [2.75, 3.05) is 46.5 Å². The highest BCUT2D eigenvalue weighted by Gasteiger charge is 2.17. The summed E-state index contributed by atoms with van der Waals surface area (Å²) in [4.78, 5) is 37.4. The summed E-state index contributed by atoms with van der Waals surface area (Å²) in [5.74, 6) is -1.02. The largest absolute Gasteiger partial charge is 0.464 e. The molecule has 3 unspecified atom stereocenters. The number of esters is 2. The lowest BCUT2D eigenvalue weighted by Crippen LogP contribution is -2.40. The van der Waals surface area contributed by atoms with Crippen molar-refractivity contribution in [3.05, 3.63) is 0 Å². The van der Waals surface area contributed by atoms with E-state index in [2.05, 4.69) is 10.6 Å². The Balaban J connectivity index is 4.53. The highest BCUT2D eigenvalue weighted by molar-refractivity contribution is 5.76. The molecule has 0 bridgehead atoms. The van der Waals surface area contributed by atoms with Crippen LogP contribution < -0.4 is 16.4 Å². The number of hydrogen-bond acceptors (Lipinski definition) is 9. The Morgan fingerprint density at radius 3 is 2.17 bits per heavy atom. The normalized spacial score (nSPS) is 14.2. The topological polar surface area (TPSA) is 143 Å². The summed E-state index contributed by atoms with van der Waals surface area (Å²) in [6.07, 6.45) is 1.05. The number of hydrogen-bond donors (Lipinski definition) is 4. The smallest absolute Gasteiger partial charge is 0.322 e. The fraction of sp³-hybridized carbons (Fsp3) is 0.842. The van der Waals surface area contributed by atoms with E-state index in [-0.39, 0.29) is 44.2 Å². The molecule has 0 aromatic heterocycles. The fourth-order valence-electron chi connectivity index (χ4n) is 2.41. The number of amides is 1. The molecule has 3 atom stereocenters. The van der Waals surface area contributed by atoms with Gasteiger partial charge < -0.3 is 35.8 Å². The quantitative estimate of drug-likeness (QED) is 0.232. The van der Waals surface area contributed by atoms with Gasteiger partial charge in [0.25, 0.3) is 0 Å². The van der Waals surface area contributed by atoms with E-state index in [1.807, 2.05) is 18.9 Å². The molecule has 10 nitrogen and oxygen atoms in total. The number of rotatable bonds is 16. The van der Waals surface area contributed by atoms with Crippen LogP contribution in [0.3, 0.4) is 0 Å². The molecule has 29 heavy (non-hydrogen) atoms. The van der Waals surface area contributed by atoms with Gasteiger partial charge in [0.1, 0.15) is 12.1 Å². The van der Waals surface area contributed by atoms with Crippen LogP contribution in [0.15, 0.2) is 0 Å². The van der Waals surface area contributed by atoms with Crippen LogP contribution in [0.5, 0.6) is 0 Å². The molecule has 0 saturated heterocycles. The van der Waals surface area contributed by atoms with E-state index >= 15 is 0 Å². The van der Waals surface area contributed by atoms with Crippen LogP contribution in [0, 0.1) is 0 Å². The summed E-state index contributed by atoms with van der Waals surface area (Å²) in [6, 6.07) is -1.42. The second kappa shape index (κ2) is 16.1. The van der Waals surface area contributed by atoms with Gasteiger partial charge in [-0.15, -0.1) is 0 Å². The predicted molar refractivity (Wildman–Crippen MR) is 109 cm³/mol. The Labute approximate surface area is 173 Å². The van der Waals surface area contributed by atoms with E-state index in [1.54, 1.807) is 6.92 Å². The molecule has 0 aliphatic heterocycles. The molecule has 1 amide bonds. The molecule has 0 radical (unpaired) electrons. The summed E-state index contributed by atoms with van der Waals surface area (Å²) in [7, 11) is 1.82. The number of aliphatic hydroxyl groups is 1. The van der Waals surface area contributed by atoms with Gasteiger partial charge in [-0.05, 0) is 27.4 Å². The number of likely N-dealkylation sites (N-methyl/N-ethyl adjacent to an activating group) is 2. The van der Waals surface area contributed by atoms with Crippen molar-refractivity contribution in [1.82, 2.24) is 15.5 Å². The second-order valence-corrected chi connectivity index (χ2v) is 7.02. The number of nitrogens with zero attached hydrogens (tertiary/aromatic N) is 1. The maximum atomic E-state index is 12.2. The number of aliphatic hydroxyl groups excluding tert-OH is 1. The van der Waals surface area contributed by atoms with Gasteiger partial charge in [0, 0.05) is 38.4 Å². The lowest BCUT2D eigenvalue weighted by Gasteiger charge is -2.21. The van der Waals surface area contributed by atoms with Crippen molar-refractivity contribution in [3.8, 4) is 0 Å². The molecule has 0 aliphatic carbocycles. The highest BCUT2D eigenvalue weighted by Crippen LogP contribution is 2.03. The third-order valence-corrected chi connectivity index (χ3v) is 4.22. The fourth-order valence-corrected chi connectivity index (χ4v) is 2.41. The van der Waals surface area contributed by atoms with Gasteiger partial charge in [0.15, 0.2) is 0 Å². The molecule has 0 fully saturated rings. The number of carbonyl (C=O) groups is 3. The highest BCUT2D eigenvalue weighted by atomic mass is 16.5. The lowest BCUT2D eigenvalue weighted by atomic mass is 10.1. The third-order valence-electron chi connectivity index (χ3n) is 4.22. The van der Waals surface area contributed by atoms with Gasteiger partial charge in [0.05, 0.1) is 19.8 Å². The maximum absolute atomic E-state index is 12.2. The van der Waals surface area contributed by atoms with E-state index in [9.17, 15) is 14.4 Å². The Kier molecular flexibility index (Phi) is 15.1. The Morgan fingerprint density at radius 1 is 1.07 bits per heavy atom. The van der Waals surface area contributed by atoms with Crippen LogP contribution in [0.4, 0.5) is 0 Å².